The molecule has 51 heavy (non-hydrogen) atoms. The first-order valence-corrected chi connectivity index (χ1v) is 16.7. The molecule has 0 saturated carbocycles. The molecule has 0 radical (unpaired) electrons. The lowest BCUT2D eigenvalue weighted by Crippen LogP contribution is -2.34. The monoisotopic (exact) mass is 680 g/mol. The van der Waals surface area contributed by atoms with Gasteiger partial charge in [-0.1, -0.05) is 54.6 Å². The maximum Gasteiger partial charge on any atom is 0.335 e. The third-order valence-corrected chi connectivity index (χ3v) is 8.82. The van der Waals surface area contributed by atoms with Crippen LogP contribution in [-0.2, 0) is 11.3 Å². The quantitative estimate of drug-likeness (QED) is 0.119. The topological polar surface area (TPSA) is 123 Å². The molecule has 7 rings (SSSR count). The van der Waals surface area contributed by atoms with Gasteiger partial charge in [-0.3, -0.25) is 19.7 Å². The summed E-state index contributed by atoms with van der Waals surface area (Å²) in [5, 5.41) is 14.0. The van der Waals surface area contributed by atoms with Crippen LogP contribution in [-0.4, -0.2) is 58.7 Å². The number of nitrogens with one attached hydrogen (secondary N) is 1. The van der Waals surface area contributed by atoms with Crippen LogP contribution in [0, 0.1) is 0 Å². The summed E-state index contributed by atoms with van der Waals surface area (Å²) in [6, 6.07) is 33.6. The van der Waals surface area contributed by atoms with E-state index in [9.17, 15) is 14.7 Å². The number of carbonyl (C=O) groups is 2. The molecule has 1 atom stereocenters. The molecular weight excluding hydrogens is 644 g/mol. The summed E-state index contributed by atoms with van der Waals surface area (Å²) in [5.74, 6) is 0.908. The number of carboxylic acid groups (broad SMARTS) is 1. The van der Waals surface area contributed by atoms with Crippen molar-refractivity contribution in [2.24, 2.45) is 0 Å². The van der Waals surface area contributed by atoms with Gasteiger partial charge < -0.3 is 24.6 Å². The highest BCUT2D eigenvalue weighted by molar-refractivity contribution is 6.00. The van der Waals surface area contributed by atoms with Crippen LogP contribution in [0.5, 0.6) is 23.0 Å². The average molecular weight is 681 g/mol. The second-order valence-electron chi connectivity index (χ2n) is 12.2. The number of methoxy groups -OCH3 is 1. The lowest BCUT2D eigenvalue weighted by Gasteiger charge is -2.30. The molecule has 1 aliphatic rings. The first-order chi connectivity index (χ1) is 25.0. The number of carbonyl (C=O) groups excluding carboxylic acids is 1. The number of pyridine rings is 2. The van der Waals surface area contributed by atoms with Gasteiger partial charge in [0, 0.05) is 60.0 Å². The first kappa shape index (κ1) is 33.2. The zero-order valence-electron chi connectivity index (χ0n) is 28.0. The second-order valence-corrected chi connectivity index (χ2v) is 12.2. The van der Waals surface area contributed by atoms with Crippen LogP contribution in [0.1, 0.15) is 45.1 Å². The lowest BCUT2D eigenvalue weighted by atomic mass is 9.80. The Hall–Kier alpha value is -6.26. The van der Waals surface area contributed by atoms with Crippen LogP contribution in [0.25, 0.3) is 10.9 Å². The molecule has 1 amide bonds. The summed E-state index contributed by atoms with van der Waals surface area (Å²) in [5.41, 5.74) is 4.86. The van der Waals surface area contributed by atoms with Gasteiger partial charge in [0.1, 0.15) is 23.0 Å². The summed E-state index contributed by atoms with van der Waals surface area (Å²) in [6.45, 7) is 1.63. The van der Waals surface area contributed by atoms with E-state index >= 15 is 0 Å². The van der Waals surface area contributed by atoms with E-state index in [-0.39, 0.29) is 23.9 Å². The smallest absolute Gasteiger partial charge is 0.335 e. The van der Waals surface area contributed by atoms with Crippen LogP contribution in [0.3, 0.4) is 0 Å². The molecule has 10 nitrogen and oxygen atoms in total. The number of rotatable bonds is 13. The van der Waals surface area contributed by atoms with Crippen molar-refractivity contribution >= 4 is 28.5 Å². The molecular formula is C41H36N4O6. The minimum Gasteiger partial charge on any atom is -0.497 e. The number of nitrogens with zero attached hydrogens (tertiary/aromatic N) is 3. The van der Waals surface area contributed by atoms with Crippen LogP contribution < -0.4 is 19.5 Å². The molecule has 2 aromatic heterocycles. The first-order valence-electron chi connectivity index (χ1n) is 16.7. The van der Waals surface area contributed by atoms with Crippen molar-refractivity contribution in [3.8, 4) is 23.0 Å². The summed E-state index contributed by atoms with van der Waals surface area (Å²) in [6.07, 6.45) is 4.10. The molecule has 0 aliphatic carbocycles. The molecule has 4 aromatic carbocycles. The highest BCUT2D eigenvalue weighted by Crippen LogP contribution is 2.49. The Bertz CT molecular complexity index is 2190. The highest BCUT2D eigenvalue weighted by atomic mass is 16.5. The summed E-state index contributed by atoms with van der Waals surface area (Å²) in [4.78, 5) is 36.5. The van der Waals surface area contributed by atoms with E-state index in [1.165, 1.54) is 0 Å². The molecule has 256 valence electrons. The van der Waals surface area contributed by atoms with Gasteiger partial charge in [0.15, 0.2) is 0 Å². The number of anilines is 1. The van der Waals surface area contributed by atoms with Gasteiger partial charge in [0.25, 0.3) is 0 Å². The Labute approximate surface area is 295 Å². The number of amides is 1. The number of hydrogen-bond acceptors (Lipinski definition) is 8. The van der Waals surface area contributed by atoms with Gasteiger partial charge in [0.2, 0.25) is 5.91 Å². The fraction of sp³-hybridized carbons (Fsp3) is 0.171. The van der Waals surface area contributed by atoms with Crippen molar-refractivity contribution in [2.75, 3.05) is 32.1 Å². The maximum atomic E-state index is 13.3. The molecule has 6 aromatic rings. The molecule has 0 spiro atoms. The van der Waals surface area contributed by atoms with Gasteiger partial charge >= 0.3 is 5.97 Å². The van der Waals surface area contributed by atoms with Crippen LogP contribution >= 0.6 is 0 Å². The highest BCUT2D eigenvalue weighted by Gasteiger charge is 2.32. The lowest BCUT2D eigenvalue weighted by molar-refractivity contribution is -0.117. The molecule has 1 aliphatic heterocycles. The largest absolute Gasteiger partial charge is 0.497 e. The number of carboxylic acids is 1. The Kier molecular flexibility index (Phi) is 9.84. The number of para-hydroxylation sites is 1. The predicted octanol–water partition coefficient (Wildman–Crippen LogP) is 7.53. The van der Waals surface area contributed by atoms with E-state index in [4.69, 9.17) is 14.2 Å². The zero-order chi connectivity index (χ0) is 35.2. The normalized spacial score (nSPS) is 13.2. The van der Waals surface area contributed by atoms with E-state index in [0.717, 1.165) is 27.7 Å². The van der Waals surface area contributed by atoms with Crippen molar-refractivity contribution in [2.45, 2.75) is 18.9 Å². The van der Waals surface area contributed by atoms with Gasteiger partial charge in [-0.2, -0.15) is 0 Å². The number of aromatic carboxylic acids is 1. The average Bonchev–Trinajstić information content (AvgIpc) is 3.15. The van der Waals surface area contributed by atoms with E-state index in [1.807, 2.05) is 102 Å². The van der Waals surface area contributed by atoms with Gasteiger partial charge in [0.05, 0.1) is 42.7 Å². The number of hydrogen-bond donors (Lipinski definition) is 2. The summed E-state index contributed by atoms with van der Waals surface area (Å²) < 4.78 is 18.0. The van der Waals surface area contributed by atoms with Crippen molar-refractivity contribution in [1.82, 2.24) is 14.9 Å². The van der Waals surface area contributed by atoms with Crippen molar-refractivity contribution < 1.29 is 28.9 Å². The number of aromatic nitrogens is 2. The molecule has 2 N–H and O–H groups in total. The van der Waals surface area contributed by atoms with Crippen LogP contribution in [0.4, 0.5) is 5.69 Å². The Morgan fingerprint density at radius 1 is 0.824 bits per heavy atom. The molecule has 10 heteroatoms. The number of ether oxygens (including phenoxy) is 3. The summed E-state index contributed by atoms with van der Waals surface area (Å²) in [7, 11) is 1.59. The second kappa shape index (κ2) is 15.1. The number of fused-ring (bicyclic) bond motifs is 3. The maximum absolute atomic E-state index is 13.3. The zero-order valence-corrected chi connectivity index (χ0v) is 28.0. The third kappa shape index (κ3) is 7.51. The van der Waals surface area contributed by atoms with Crippen molar-refractivity contribution in [3.63, 3.8) is 0 Å². The fourth-order valence-corrected chi connectivity index (χ4v) is 6.48. The van der Waals surface area contributed by atoms with Crippen LogP contribution in [0.15, 0.2) is 122 Å². The van der Waals surface area contributed by atoms with Crippen LogP contribution in [0.2, 0.25) is 0 Å². The van der Waals surface area contributed by atoms with Crippen molar-refractivity contribution in [3.05, 3.63) is 150 Å². The van der Waals surface area contributed by atoms with E-state index < -0.39 is 5.97 Å². The molecule has 1 unspecified atom stereocenters. The third-order valence-electron chi connectivity index (χ3n) is 8.82. The Morgan fingerprint density at radius 3 is 2.35 bits per heavy atom. The van der Waals surface area contributed by atoms with Gasteiger partial charge in [-0.25, -0.2) is 4.79 Å². The molecule has 0 saturated heterocycles. The molecule has 0 bridgehead atoms. The number of benzene rings is 4. The van der Waals surface area contributed by atoms with Gasteiger partial charge in [-0.15, -0.1) is 0 Å². The molecule has 3 heterocycles. The predicted molar refractivity (Wildman–Crippen MR) is 194 cm³/mol. The van der Waals surface area contributed by atoms with Gasteiger partial charge in [-0.05, 0) is 54.4 Å². The van der Waals surface area contributed by atoms with E-state index in [1.54, 1.807) is 31.6 Å². The SMILES string of the molecule is COc1ccc2c(c1)Oc1cc(OCCCN(CC(=O)Nc3cccc4cccnc34)Cc3ccccn3)ccc1C2c1ccccc1C(=O)O. The minimum absolute atomic E-state index is 0.146. The molecule has 0 fully saturated rings. The van der Waals surface area contributed by atoms with E-state index in [0.29, 0.717) is 60.4 Å². The Morgan fingerprint density at radius 2 is 1.57 bits per heavy atom. The standard InChI is InChI=1S/C41H36N4O6/c1-49-29-15-17-33-36(23-29)51-37-24-30(16-18-34(37)39(33)31-12-2-3-13-32(31)41(47)48)50-22-8-21-45(25-28-11-4-5-19-42-28)26-38(46)44-35-14-6-9-27-10-7-20-43-40(27)35/h2-7,9-20,23-24,39H,8,21-22,25-26H2,1H3,(H,44,46)(H,47,48). The van der Waals surface area contributed by atoms with E-state index in [2.05, 4.69) is 15.3 Å². The minimum atomic E-state index is -0.992. The summed E-state index contributed by atoms with van der Waals surface area (Å²) >= 11 is 0. The Balaban J connectivity index is 1.05. The fourth-order valence-electron chi connectivity index (χ4n) is 6.48. The van der Waals surface area contributed by atoms with Crippen molar-refractivity contribution in [1.29, 1.82) is 0 Å².